The molecule has 1 aromatic heterocycles. The van der Waals surface area contributed by atoms with Gasteiger partial charge in [0.1, 0.15) is 5.69 Å². The Bertz CT molecular complexity index is 1110. The predicted molar refractivity (Wildman–Crippen MR) is 110 cm³/mol. The Labute approximate surface area is 168 Å². The average molecular weight is 389 g/mol. The minimum atomic E-state index is -0.0292. The highest BCUT2D eigenvalue weighted by atomic mass is 16.5. The van der Waals surface area contributed by atoms with Crippen molar-refractivity contribution in [1.29, 1.82) is 0 Å². The summed E-state index contributed by atoms with van der Waals surface area (Å²) in [4.78, 5) is 24.5. The summed E-state index contributed by atoms with van der Waals surface area (Å²) in [5.41, 5.74) is 4.98. The molecule has 2 amide bonds. The first-order valence-corrected chi connectivity index (χ1v) is 10.2. The van der Waals surface area contributed by atoms with Crippen molar-refractivity contribution >= 4 is 22.8 Å². The summed E-state index contributed by atoms with van der Waals surface area (Å²) in [5.74, 6) is -0.0459. The topological polar surface area (TPSA) is 84.2 Å². The minimum absolute atomic E-state index is 0.0167. The molecule has 0 bridgehead atoms. The van der Waals surface area contributed by atoms with E-state index in [4.69, 9.17) is 4.52 Å². The van der Waals surface area contributed by atoms with Crippen molar-refractivity contribution in [1.82, 2.24) is 15.8 Å². The highest BCUT2D eigenvalue weighted by molar-refractivity contribution is 5.96. The molecule has 2 aliphatic rings. The number of nitrogens with zero attached hydrogens (tertiary/aromatic N) is 1. The Morgan fingerprint density at radius 3 is 2.55 bits per heavy atom. The Hall–Kier alpha value is -3.15. The van der Waals surface area contributed by atoms with Gasteiger partial charge in [-0.15, -0.1) is 0 Å². The van der Waals surface area contributed by atoms with Crippen molar-refractivity contribution in [3.63, 3.8) is 0 Å². The molecular formula is C23H23N3O3. The van der Waals surface area contributed by atoms with Crippen LogP contribution in [0.1, 0.15) is 47.3 Å². The quantitative estimate of drug-likeness (QED) is 0.676. The zero-order valence-electron chi connectivity index (χ0n) is 16.3. The maximum atomic E-state index is 12.4. The molecule has 5 rings (SSSR count). The molecule has 0 atom stereocenters. The molecule has 29 heavy (non-hydrogen) atoms. The lowest BCUT2D eigenvalue weighted by Crippen LogP contribution is -2.27. The van der Waals surface area contributed by atoms with Crippen molar-refractivity contribution in [2.24, 2.45) is 0 Å². The molecule has 1 heterocycles. The van der Waals surface area contributed by atoms with Gasteiger partial charge in [-0.25, -0.2) is 0 Å². The summed E-state index contributed by atoms with van der Waals surface area (Å²) in [6.45, 7) is 2.02. The Morgan fingerprint density at radius 1 is 1.03 bits per heavy atom. The number of hydrogen-bond donors (Lipinski definition) is 2. The van der Waals surface area contributed by atoms with Crippen molar-refractivity contribution in [2.75, 3.05) is 0 Å². The molecule has 0 saturated heterocycles. The van der Waals surface area contributed by atoms with Crippen LogP contribution in [-0.4, -0.2) is 29.1 Å². The normalized spacial score (nSPS) is 16.0. The fourth-order valence-corrected chi connectivity index (χ4v) is 3.51. The zero-order chi connectivity index (χ0) is 20.0. The number of nitrogens with one attached hydrogen (secondary N) is 2. The van der Waals surface area contributed by atoms with Gasteiger partial charge in [-0.1, -0.05) is 17.3 Å². The summed E-state index contributed by atoms with van der Waals surface area (Å²) in [6.07, 6.45) is 4.47. The fraction of sp³-hybridized carbons (Fsp3) is 0.348. The second-order valence-electron chi connectivity index (χ2n) is 8.14. The first-order valence-electron chi connectivity index (χ1n) is 10.2. The van der Waals surface area contributed by atoms with Crippen molar-refractivity contribution in [3.05, 3.63) is 53.2 Å². The highest BCUT2D eigenvalue weighted by Crippen LogP contribution is 2.30. The van der Waals surface area contributed by atoms with Crippen LogP contribution in [0.25, 0.3) is 22.1 Å². The Morgan fingerprint density at radius 2 is 1.79 bits per heavy atom. The summed E-state index contributed by atoms with van der Waals surface area (Å²) in [6, 6.07) is 12.3. The van der Waals surface area contributed by atoms with E-state index in [9.17, 15) is 9.59 Å². The summed E-state index contributed by atoms with van der Waals surface area (Å²) >= 11 is 0. The van der Waals surface area contributed by atoms with Crippen LogP contribution in [0, 0.1) is 6.92 Å². The van der Waals surface area contributed by atoms with Gasteiger partial charge in [-0.2, -0.15) is 0 Å². The third-order valence-corrected chi connectivity index (χ3v) is 5.54. The lowest BCUT2D eigenvalue weighted by atomic mass is 9.97. The van der Waals surface area contributed by atoms with Crippen LogP contribution in [0.5, 0.6) is 0 Å². The number of hydrogen-bond acceptors (Lipinski definition) is 4. The molecule has 3 aromatic rings. The lowest BCUT2D eigenvalue weighted by Gasteiger charge is -2.10. The molecular weight excluding hydrogens is 366 g/mol. The van der Waals surface area contributed by atoms with Gasteiger partial charge in [0.15, 0.2) is 5.58 Å². The number of fused-ring (bicyclic) bond motifs is 1. The van der Waals surface area contributed by atoms with E-state index in [0.29, 0.717) is 28.9 Å². The van der Waals surface area contributed by atoms with Crippen molar-refractivity contribution < 1.29 is 14.1 Å². The number of amides is 2. The fourth-order valence-electron chi connectivity index (χ4n) is 3.51. The van der Waals surface area contributed by atoms with Crippen LogP contribution in [0.15, 0.2) is 40.9 Å². The van der Waals surface area contributed by atoms with Gasteiger partial charge in [0, 0.05) is 23.0 Å². The van der Waals surface area contributed by atoms with Gasteiger partial charge < -0.3 is 15.2 Å². The second-order valence-corrected chi connectivity index (χ2v) is 8.14. The maximum Gasteiger partial charge on any atom is 0.251 e. The Balaban J connectivity index is 1.41. The summed E-state index contributed by atoms with van der Waals surface area (Å²) in [7, 11) is 0. The standard InChI is InChI=1S/C23H23N3O3/c1-13-2-3-15(23(28)25-17-7-8-17)10-19(13)14-4-9-18-20(26-29-21(18)11-14)12-22(27)24-16-5-6-16/h2-4,9-11,16-17H,5-8,12H2,1H3,(H,24,27)(H,25,28). The van der Waals surface area contributed by atoms with Crippen LogP contribution in [-0.2, 0) is 11.2 Å². The van der Waals surface area contributed by atoms with E-state index in [1.165, 1.54) is 0 Å². The maximum absolute atomic E-state index is 12.4. The summed E-state index contributed by atoms with van der Waals surface area (Å²) < 4.78 is 5.50. The van der Waals surface area contributed by atoms with Gasteiger partial charge in [-0.05, 0) is 73.6 Å². The number of rotatable bonds is 6. The third-order valence-electron chi connectivity index (χ3n) is 5.54. The minimum Gasteiger partial charge on any atom is -0.356 e. The van der Waals surface area contributed by atoms with Gasteiger partial charge in [0.25, 0.3) is 5.91 Å². The Kier molecular flexibility index (Phi) is 4.34. The van der Waals surface area contributed by atoms with E-state index < -0.39 is 0 Å². The largest absolute Gasteiger partial charge is 0.356 e. The number of aryl methyl sites for hydroxylation is 1. The van der Waals surface area contributed by atoms with E-state index in [-0.39, 0.29) is 18.2 Å². The smallest absolute Gasteiger partial charge is 0.251 e. The van der Waals surface area contributed by atoms with Crippen LogP contribution in [0.4, 0.5) is 0 Å². The predicted octanol–water partition coefficient (Wildman–Crippen LogP) is 3.52. The van der Waals surface area contributed by atoms with E-state index >= 15 is 0 Å². The van der Waals surface area contributed by atoms with Gasteiger partial charge in [-0.3, -0.25) is 9.59 Å². The first kappa shape index (κ1) is 17.9. The molecule has 0 aliphatic heterocycles. The average Bonchev–Trinajstić information content (AvgIpc) is 3.63. The number of benzene rings is 2. The first-order chi connectivity index (χ1) is 14.1. The van der Waals surface area contributed by atoms with Crippen LogP contribution < -0.4 is 10.6 Å². The lowest BCUT2D eigenvalue weighted by molar-refractivity contribution is -0.120. The van der Waals surface area contributed by atoms with Crippen LogP contribution in [0.2, 0.25) is 0 Å². The van der Waals surface area contributed by atoms with E-state index in [1.54, 1.807) is 0 Å². The molecule has 2 fully saturated rings. The van der Waals surface area contributed by atoms with Crippen molar-refractivity contribution in [2.45, 2.75) is 51.1 Å². The molecule has 0 unspecified atom stereocenters. The van der Waals surface area contributed by atoms with Crippen LogP contribution in [0.3, 0.4) is 0 Å². The molecule has 6 heteroatoms. The second kappa shape index (κ2) is 7.03. The third kappa shape index (κ3) is 3.88. The van der Waals surface area contributed by atoms with E-state index in [1.807, 2.05) is 43.3 Å². The molecule has 2 N–H and O–H groups in total. The monoisotopic (exact) mass is 389 g/mol. The highest BCUT2D eigenvalue weighted by Gasteiger charge is 2.25. The molecule has 148 valence electrons. The molecule has 0 spiro atoms. The molecule has 0 radical (unpaired) electrons. The van der Waals surface area contributed by atoms with E-state index in [2.05, 4.69) is 15.8 Å². The number of carbonyl (C=O) groups excluding carboxylic acids is 2. The molecule has 6 nitrogen and oxygen atoms in total. The van der Waals surface area contributed by atoms with Gasteiger partial charge in [0.2, 0.25) is 5.91 Å². The van der Waals surface area contributed by atoms with Crippen molar-refractivity contribution in [3.8, 4) is 11.1 Å². The van der Waals surface area contributed by atoms with Crippen LogP contribution >= 0.6 is 0 Å². The van der Waals surface area contributed by atoms with Gasteiger partial charge >= 0.3 is 0 Å². The molecule has 2 aromatic carbocycles. The van der Waals surface area contributed by atoms with E-state index in [0.717, 1.165) is 47.8 Å². The molecule has 2 aliphatic carbocycles. The SMILES string of the molecule is Cc1ccc(C(=O)NC2CC2)cc1-c1ccc2c(CC(=O)NC3CC3)noc2c1. The number of aromatic nitrogens is 1. The van der Waals surface area contributed by atoms with Gasteiger partial charge in [0.05, 0.1) is 6.42 Å². The molecule has 2 saturated carbocycles. The number of carbonyl (C=O) groups is 2. The zero-order valence-corrected chi connectivity index (χ0v) is 16.3. The summed E-state index contributed by atoms with van der Waals surface area (Å²) in [5, 5.41) is 11.0.